The third-order valence-electron chi connectivity index (χ3n) is 6.23. The standard InChI is InChI=1S/C28H26FNO4/c1-15-21(26(27(31)32)34-28(2,3)4)23(17-7-5-6-8-18(17)24(15)29)19-9-10-20-22-16(12-14-33-20)11-13-30-25(19)22/h5-11,13,26H,12,14H2,1-4H3,(H,31,32)/t26-/m1/s1. The van der Waals surface area contributed by atoms with E-state index in [2.05, 4.69) is 4.98 Å². The molecule has 2 heterocycles. The molecule has 1 aliphatic rings. The largest absolute Gasteiger partial charge is 0.493 e. The zero-order valence-electron chi connectivity index (χ0n) is 19.6. The number of nitrogens with zero attached hydrogens (tertiary/aromatic N) is 1. The number of benzene rings is 3. The molecule has 0 fully saturated rings. The Labute approximate surface area is 197 Å². The van der Waals surface area contributed by atoms with Gasteiger partial charge in [-0.15, -0.1) is 0 Å². The van der Waals surface area contributed by atoms with Crippen LogP contribution in [0.2, 0.25) is 0 Å². The van der Waals surface area contributed by atoms with Gasteiger partial charge in [-0.05, 0) is 68.0 Å². The molecule has 1 aromatic heterocycles. The van der Waals surface area contributed by atoms with E-state index in [9.17, 15) is 9.90 Å². The molecule has 0 amide bonds. The number of rotatable bonds is 4. The van der Waals surface area contributed by atoms with Crippen LogP contribution in [0.5, 0.6) is 5.75 Å². The van der Waals surface area contributed by atoms with E-state index in [0.717, 1.165) is 28.7 Å². The van der Waals surface area contributed by atoms with Crippen LogP contribution in [0.15, 0.2) is 48.7 Å². The second kappa shape index (κ2) is 8.06. The number of hydrogen-bond acceptors (Lipinski definition) is 4. The summed E-state index contributed by atoms with van der Waals surface area (Å²) in [5.41, 5.74) is 2.96. The van der Waals surface area contributed by atoms with Crippen LogP contribution >= 0.6 is 0 Å². The molecule has 0 unspecified atom stereocenters. The van der Waals surface area contributed by atoms with Crippen molar-refractivity contribution < 1.29 is 23.8 Å². The molecule has 0 bridgehead atoms. The van der Waals surface area contributed by atoms with Gasteiger partial charge in [-0.1, -0.05) is 24.3 Å². The molecule has 0 radical (unpaired) electrons. The average molecular weight is 460 g/mol. The van der Waals surface area contributed by atoms with Gasteiger partial charge in [-0.3, -0.25) is 4.98 Å². The second-order valence-electron chi connectivity index (χ2n) is 9.63. The van der Waals surface area contributed by atoms with E-state index < -0.39 is 23.5 Å². The fourth-order valence-corrected chi connectivity index (χ4v) is 4.85. The minimum Gasteiger partial charge on any atom is -0.493 e. The molecule has 4 aromatic rings. The number of aromatic nitrogens is 1. The molecule has 34 heavy (non-hydrogen) atoms. The Balaban J connectivity index is 1.94. The van der Waals surface area contributed by atoms with Crippen LogP contribution in [0.1, 0.15) is 43.6 Å². The molecular formula is C28H26FNO4. The number of halogens is 1. The molecular weight excluding hydrogens is 433 g/mol. The molecule has 0 aliphatic carbocycles. The Bertz CT molecular complexity index is 1440. The average Bonchev–Trinajstić information content (AvgIpc) is 2.80. The molecule has 1 aliphatic heterocycles. The molecule has 1 atom stereocenters. The fourth-order valence-electron chi connectivity index (χ4n) is 4.85. The van der Waals surface area contributed by atoms with Crippen LogP contribution in [-0.4, -0.2) is 28.3 Å². The van der Waals surface area contributed by atoms with Gasteiger partial charge < -0.3 is 14.6 Å². The Morgan fingerprint density at radius 1 is 1.15 bits per heavy atom. The third-order valence-corrected chi connectivity index (χ3v) is 6.23. The highest BCUT2D eigenvalue weighted by molar-refractivity contribution is 6.09. The number of ether oxygens (including phenoxy) is 2. The van der Waals surface area contributed by atoms with Crippen LogP contribution in [0, 0.1) is 12.7 Å². The fraction of sp³-hybridized carbons (Fsp3) is 0.286. The zero-order valence-corrected chi connectivity index (χ0v) is 19.6. The number of aliphatic carboxylic acids is 1. The summed E-state index contributed by atoms with van der Waals surface area (Å²) >= 11 is 0. The topological polar surface area (TPSA) is 68.7 Å². The Kier molecular flexibility index (Phi) is 5.29. The second-order valence-corrected chi connectivity index (χ2v) is 9.63. The Hall–Kier alpha value is -3.51. The summed E-state index contributed by atoms with van der Waals surface area (Å²) < 4.78 is 27.5. The van der Waals surface area contributed by atoms with Gasteiger partial charge in [0, 0.05) is 34.5 Å². The highest BCUT2D eigenvalue weighted by Gasteiger charge is 2.34. The van der Waals surface area contributed by atoms with E-state index in [0.29, 0.717) is 34.0 Å². The van der Waals surface area contributed by atoms with Crippen LogP contribution in [0.4, 0.5) is 4.39 Å². The quantitative estimate of drug-likeness (QED) is 0.384. The lowest BCUT2D eigenvalue weighted by atomic mass is 9.85. The van der Waals surface area contributed by atoms with Crippen LogP contribution in [-0.2, 0) is 16.0 Å². The van der Waals surface area contributed by atoms with Gasteiger partial charge in [0.1, 0.15) is 11.6 Å². The van der Waals surface area contributed by atoms with Crippen molar-refractivity contribution in [3.8, 4) is 16.9 Å². The lowest BCUT2D eigenvalue weighted by Gasteiger charge is -2.29. The molecule has 0 saturated carbocycles. The van der Waals surface area contributed by atoms with Crippen molar-refractivity contribution in [2.45, 2.75) is 45.8 Å². The first-order valence-electron chi connectivity index (χ1n) is 11.3. The predicted molar refractivity (Wildman–Crippen MR) is 130 cm³/mol. The maximum absolute atomic E-state index is 15.6. The van der Waals surface area contributed by atoms with Gasteiger partial charge in [0.25, 0.3) is 0 Å². The third kappa shape index (κ3) is 3.59. The summed E-state index contributed by atoms with van der Waals surface area (Å²) in [5.74, 6) is -0.872. The maximum Gasteiger partial charge on any atom is 0.337 e. The van der Waals surface area contributed by atoms with E-state index in [1.54, 1.807) is 46.0 Å². The van der Waals surface area contributed by atoms with Crippen molar-refractivity contribution in [3.05, 3.63) is 71.2 Å². The smallest absolute Gasteiger partial charge is 0.337 e. The molecule has 3 aromatic carbocycles. The lowest BCUT2D eigenvalue weighted by molar-refractivity contribution is -0.160. The summed E-state index contributed by atoms with van der Waals surface area (Å²) in [7, 11) is 0. The van der Waals surface area contributed by atoms with Gasteiger partial charge in [-0.2, -0.15) is 0 Å². The molecule has 5 nitrogen and oxygen atoms in total. The van der Waals surface area contributed by atoms with E-state index in [1.165, 1.54) is 0 Å². The first-order chi connectivity index (χ1) is 16.2. The summed E-state index contributed by atoms with van der Waals surface area (Å²) in [6, 6.07) is 12.9. The minimum atomic E-state index is -1.36. The van der Waals surface area contributed by atoms with Crippen molar-refractivity contribution in [2.75, 3.05) is 6.61 Å². The molecule has 6 heteroatoms. The Morgan fingerprint density at radius 3 is 2.59 bits per heavy atom. The van der Waals surface area contributed by atoms with Crippen molar-refractivity contribution in [2.24, 2.45) is 0 Å². The molecule has 5 rings (SSSR count). The first-order valence-corrected chi connectivity index (χ1v) is 11.3. The van der Waals surface area contributed by atoms with Crippen molar-refractivity contribution in [3.63, 3.8) is 0 Å². The van der Waals surface area contributed by atoms with Crippen molar-refractivity contribution in [1.82, 2.24) is 4.98 Å². The number of carbonyl (C=O) groups is 1. The van der Waals surface area contributed by atoms with Gasteiger partial charge in [0.2, 0.25) is 0 Å². The monoisotopic (exact) mass is 459 g/mol. The molecule has 0 spiro atoms. The minimum absolute atomic E-state index is 0.252. The summed E-state index contributed by atoms with van der Waals surface area (Å²) in [4.78, 5) is 17.2. The number of carboxylic acid groups (broad SMARTS) is 1. The SMILES string of the molecule is Cc1c([C@@H](OC(C)(C)C)C(=O)O)c(-c2ccc3c4c(ccnc24)CCO3)c2ccccc2c1F. The van der Waals surface area contributed by atoms with Crippen molar-refractivity contribution >= 4 is 27.6 Å². The molecule has 0 saturated heterocycles. The maximum atomic E-state index is 15.6. The summed E-state index contributed by atoms with van der Waals surface area (Å²) in [6.45, 7) is 7.57. The number of pyridine rings is 1. The van der Waals surface area contributed by atoms with Crippen molar-refractivity contribution in [1.29, 1.82) is 0 Å². The highest BCUT2D eigenvalue weighted by Crippen LogP contribution is 2.45. The molecule has 1 N–H and O–H groups in total. The summed E-state index contributed by atoms with van der Waals surface area (Å²) in [6.07, 6.45) is 1.15. The van der Waals surface area contributed by atoms with Gasteiger partial charge in [-0.25, -0.2) is 9.18 Å². The zero-order chi connectivity index (χ0) is 24.2. The summed E-state index contributed by atoms with van der Waals surface area (Å²) in [5, 5.41) is 12.2. The first kappa shape index (κ1) is 22.3. The lowest BCUT2D eigenvalue weighted by Crippen LogP contribution is -2.28. The van der Waals surface area contributed by atoms with E-state index in [4.69, 9.17) is 9.47 Å². The van der Waals surface area contributed by atoms with Crippen LogP contribution < -0.4 is 4.74 Å². The predicted octanol–water partition coefficient (Wildman–Crippen LogP) is 6.38. The van der Waals surface area contributed by atoms with Gasteiger partial charge in [0.05, 0.1) is 17.7 Å². The molecule has 174 valence electrons. The number of fused-ring (bicyclic) bond motifs is 1. The highest BCUT2D eigenvalue weighted by atomic mass is 19.1. The number of carboxylic acids is 1. The van der Waals surface area contributed by atoms with E-state index >= 15 is 4.39 Å². The van der Waals surface area contributed by atoms with Gasteiger partial charge >= 0.3 is 5.97 Å². The normalized spacial score (nSPS) is 14.3. The van der Waals surface area contributed by atoms with E-state index in [-0.39, 0.29) is 5.56 Å². The number of hydrogen-bond donors (Lipinski definition) is 1. The Morgan fingerprint density at radius 2 is 1.88 bits per heavy atom. The van der Waals surface area contributed by atoms with Crippen LogP contribution in [0.3, 0.4) is 0 Å². The van der Waals surface area contributed by atoms with Crippen LogP contribution in [0.25, 0.3) is 32.8 Å². The van der Waals surface area contributed by atoms with E-state index in [1.807, 2.05) is 30.3 Å². The van der Waals surface area contributed by atoms with Gasteiger partial charge in [0.15, 0.2) is 6.10 Å².